The van der Waals surface area contributed by atoms with Gasteiger partial charge in [0.25, 0.3) is 10.1 Å². The van der Waals surface area contributed by atoms with Crippen LogP contribution in [0.25, 0.3) is 0 Å². The summed E-state index contributed by atoms with van der Waals surface area (Å²) in [6.45, 7) is 0. The van der Waals surface area contributed by atoms with Crippen LogP contribution >= 0.6 is 0 Å². The molecule has 0 heterocycles. The van der Waals surface area contributed by atoms with Crippen LogP contribution in [0.1, 0.15) is 22.1 Å². The molecule has 0 aliphatic carbocycles. The largest absolute Gasteiger partial charge is 1.00 e. The van der Waals surface area contributed by atoms with Crippen molar-refractivity contribution < 1.29 is 63.0 Å². The van der Waals surface area contributed by atoms with Crippen molar-refractivity contribution in [3.63, 3.8) is 0 Å². The molecular weight excluding hydrogens is 287 g/mol. The first-order chi connectivity index (χ1) is 8.31. The second kappa shape index (κ2) is 7.01. The Hall–Kier alpha value is -0.930. The van der Waals surface area contributed by atoms with Crippen molar-refractivity contribution in [3.05, 3.63) is 29.3 Å². The minimum atomic E-state index is -4.66. The van der Waals surface area contributed by atoms with Crippen molar-refractivity contribution in [3.8, 4) is 0 Å². The maximum atomic E-state index is 11.3. The zero-order valence-corrected chi connectivity index (χ0v) is 13.4. The van der Waals surface area contributed by atoms with E-state index in [1.807, 2.05) is 0 Å². The third-order valence-corrected chi connectivity index (χ3v) is 2.98. The van der Waals surface area contributed by atoms with Gasteiger partial charge in [0.15, 0.2) is 0 Å². The van der Waals surface area contributed by atoms with Crippen LogP contribution in [0.3, 0.4) is 0 Å². The number of benzene rings is 1. The second-order valence-corrected chi connectivity index (χ2v) is 4.56. The fourth-order valence-corrected chi connectivity index (χ4v) is 1.96. The summed E-state index contributed by atoms with van der Waals surface area (Å²) in [7, 11) is -2.49. The molecule has 0 spiro atoms. The van der Waals surface area contributed by atoms with Crippen LogP contribution in [-0.4, -0.2) is 39.1 Å². The number of carbonyl (C=O) groups is 2. The molecule has 9 heteroatoms. The van der Waals surface area contributed by atoms with Gasteiger partial charge in [-0.3, -0.25) is 4.55 Å². The van der Waals surface area contributed by atoms with Crippen LogP contribution in [0.5, 0.6) is 0 Å². The summed E-state index contributed by atoms with van der Waals surface area (Å²) in [5, 5.41) is 0. The van der Waals surface area contributed by atoms with Gasteiger partial charge in [0.1, 0.15) is 4.90 Å². The molecule has 0 radical (unpaired) electrons. The fourth-order valence-electron chi connectivity index (χ4n) is 1.26. The molecule has 0 unspecified atom stereocenters. The van der Waals surface area contributed by atoms with Gasteiger partial charge in [-0.05, 0) is 18.2 Å². The Kier molecular flexibility index (Phi) is 6.67. The van der Waals surface area contributed by atoms with E-state index >= 15 is 0 Å². The fraction of sp³-hybridized carbons (Fsp3) is 0.200. The van der Waals surface area contributed by atoms with Gasteiger partial charge in [-0.25, -0.2) is 9.59 Å². The minimum Gasteiger partial charge on any atom is -1.00 e. The average molecular weight is 298 g/mol. The van der Waals surface area contributed by atoms with Crippen LogP contribution in [0.15, 0.2) is 23.1 Å². The first-order valence-corrected chi connectivity index (χ1v) is 6.03. The number of carbonyl (C=O) groups excluding carboxylic acids is 2. The van der Waals surface area contributed by atoms with Gasteiger partial charge in [0, 0.05) is 0 Å². The van der Waals surface area contributed by atoms with Gasteiger partial charge in [-0.1, -0.05) is 0 Å². The number of methoxy groups -OCH3 is 2. The van der Waals surface area contributed by atoms with Crippen LogP contribution in [0, 0.1) is 0 Å². The van der Waals surface area contributed by atoms with E-state index in [9.17, 15) is 18.0 Å². The molecular formula is C10H11NaO7S. The predicted octanol–water partition coefficient (Wildman–Crippen LogP) is -2.38. The van der Waals surface area contributed by atoms with Gasteiger partial charge in [-0.15, -0.1) is 0 Å². The number of hydrogen-bond donors (Lipinski definition) is 1. The molecule has 1 N–H and O–H groups in total. The summed E-state index contributed by atoms with van der Waals surface area (Å²) in [4.78, 5) is 21.8. The molecule has 1 aromatic rings. The Balaban J connectivity index is 0. The average Bonchev–Trinajstić information content (AvgIpc) is 2.35. The van der Waals surface area contributed by atoms with Gasteiger partial charge in [0.05, 0.1) is 25.3 Å². The number of esters is 2. The van der Waals surface area contributed by atoms with Crippen molar-refractivity contribution in [2.45, 2.75) is 4.90 Å². The quantitative estimate of drug-likeness (QED) is 0.377. The van der Waals surface area contributed by atoms with Crippen LogP contribution in [0.4, 0.5) is 0 Å². The Morgan fingerprint density at radius 1 is 1.16 bits per heavy atom. The molecule has 0 saturated heterocycles. The van der Waals surface area contributed by atoms with Crippen molar-refractivity contribution in [2.24, 2.45) is 0 Å². The molecule has 0 fully saturated rings. The van der Waals surface area contributed by atoms with E-state index in [-0.39, 0.29) is 42.1 Å². The SMILES string of the molecule is COC(=O)c1ccc(C(=O)OC)c(S(=O)(=O)O)c1.[H-].[Na+]. The Morgan fingerprint density at radius 2 is 1.68 bits per heavy atom. The zero-order valence-electron chi connectivity index (χ0n) is 11.5. The third kappa shape index (κ3) is 4.29. The van der Waals surface area contributed by atoms with Crippen molar-refractivity contribution in [1.29, 1.82) is 0 Å². The van der Waals surface area contributed by atoms with Gasteiger partial charge in [-0.2, -0.15) is 8.42 Å². The third-order valence-electron chi connectivity index (χ3n) is 2.09. The molecule has 0 aromatic heterocycles. The summed E-state index contributed by atoms with van der Waals surface area (Å²) in [6, 6.07) is 3.08. The number of ether oxygens (including phenoxy) is 2. The molecule has 100 valence electrons. The Bertz CT molecular complexity index is 600. The molecule has 19 heavy (non-hydrogen) atoms. The van der Waals surface area contributed by atoms with E-state index in [2.05, 4.69) is 9.47 Å². The van der Waals surface area contributed by atoms with Crippen LogP contribution in [-0.2, 0) is 19.6 Å². The topological polar surface area (TPSA) is 107 Å². The van der Waals surface area contributed by atoms with E-state index in [0.29, 0.717) is 0 Å². The van der Waals surface area contributed by atoms with Crippen LogP contribution in [0.2, 0.25) is 0 Å². The molecule has 1 rings (SSSR count). The van der Waals surface area contributed by atoms with Crippen molar-refractivity contribution in [1.82, 2.24) is 0 Å². The molecule has 0 bridgehead atoms. The van der Waals surface area contributed by atoms with E-state index in [4.69, 9.17) is 4.55 Å². The standard InChI is InChI=1S/C10H10O7S.Na.H/c1-16-9(11)6-3-4-7(10(12)17-2)8(5-6)18(13,14)15;;/h3-5H,1-2H3,(H,13,14,15);;/q;+1;-1. The van der Waals surface area contributed by atoms with Gasteiger partial charge < -0.3 is 10.9 Å². The first-order valence-electron chi connectivity index (χ1n) is 4.59. The summed E-state index contributed by atoms with van der Waals surface area (Å²) in [6.07, 6.45) is 0. The normalized spacial score (nSPS) is 10.3. The maximum Gasteiger partial charge on any atom is 1.00 e. The minimum absolute atomic E-state index is 0. The smallest absolute Gasteiger partial charge is 1.00 e. The van der Waals surface area contributed by atoms with E-state index in [1.54, 1.807) is 0 Å². The van der Waals surface area contributed by atoms with Crippen molar-refractivity contribution in [2.75, 3.05) is 14.2 Å². The maximum absolute atomic E-state index is 11.3. The molecule has 0 atom stereocenters. The van der Waals surface area contributed by atoms with Gasteiger partial charge >= 0.3 is 41.5 Å². The Morgan fingerprint density at radius 3 is 2.11 bits per heavy atom. The van der Waals surface area contributed by atoms with E-state index < -0.39 is 27.0 Å². The first kappa shape index (κ1) is 18.1. The number of rotatable bonds is 3. The number of hydrogen-bond acceptors (Lipinski definition) is 6. The Labute approximate surface area is 133 Å². The summed E-state index contributed by atoms with van der Waals surface area (Å²) in [5.74, 6) is -1.74. The summed E-state index contributed by atoms with van der Waals surface area (Å²) < 4.78 is 40.0. The molecule has 0 aliphatic heterocycles. The molecule has 0 amide bonds. The zero-order chi connectivity index (χ0) is 13.9. The predicted molar refractivity (Wildman–Crippen MR) is 60.0 cm³/mol. The van der Waals surface area contributed by atoms with Crippen LogP contribution < -0.4 is 29.6 Å². The van der Waals surface area contributed by atoms with Crippen molar-refractivity contribution >= 4 is 22.1 Å². The second-order valence-electron chi connectivity index (χ2n) is 3.17. The monoisotopic (exact) mass is 298 g/mol. The molecule has 0 saturated carbocycles. The van der Waals surface area contributed by atoms with E-state index in [1.165, 1.54) is 6.07 Å². The summed E-state index contributed by atoms with van der Waals surface area (Å²) >= 11 is 0. The van der Waals surface area contributed by atoms with Gasteiger partial charge in [0.2, 0.25) is 0 Å². The molecule has 7 nitrogen and oxygen atoms in total. The van der Waals surface area contributed by atoms with E-state index in [0.717, 1.165) is 26.4 Å². The molecule has 0 aliphatic rings. The molecule has 1 aromatic carbocycles. The summed E-state index contributed by atoms with van der Waals surface area (Å²) in [5.41, 5.74) is -0.481.